The van der Waals surface area contributed by atoms with Gasteiger partial charge in [-0.15, -0.1) is 11.3 Å². The molecule has 0 unspecified atom stereocenters. The number of nitrogens with two attached hydrogens (primary N) is 1. The molecule has 19 heavy (non-hydrogen) atoms. The Morgan fingerprint density at radius 2 is 2.05 bits per heavy atom. The summed E-state index contributed by atoms with van der Waals surface area (Å²) in [6, 6.07) is 9.59. The van der Waals surface area contributed by atoms with E-state index in [4.69, 9.17) is 17.3 Å². The molecular weight excluding hydrogens is 280 g/mol. The molecular formula is C14H15ClN2OS. The van der Waals surface area contributed by atoms with Gasteiger partial charge in [0.2, 0.25) is 0 Å². The first-order valence-electron chi connectivity index (χ1n) is 5.95. The normalized spacial score (nSPS) is 10.4. The molecule has 0 aliphatic rings. The highest BCUT2D eigenvalue weighted by molar-refractivity contribution is 7.18. The van der Waals surface area contributed by atoms with Crippen LogP contribution in [0, 0.1) is 0 Å². The van der Waals surface area contributed by atoms with E-state index in [2.05, 4.69) is 5.32 Å². The van der Waals surface area contributed by atoms with Gasteiger partial charge in [0.05, 0.1) is 15.6 Å². The lowest BCUT2D eigenvalue weighted by Crippen LogP contribution is -2.03. The molecule has 0 spiro atoms. The Balaban J connectivity index is 1.90. The van der Waals surface area contributed by atoms with Crippen LogP contribution >= 0.6 is 22.9 Å². The maximum Gasteiger partial charge on any atom is 0.171 e. The van der Waals surface area contributed by atoms with Crippen molar-refractivity contribution in [1.29, 1.82) is 0 Å². The number of hydrogen-bond acceptors (Lipinski definition) is 4. The van der Waals surface area contributed by atoms with E-state index in [-0.39, 0.29) is 5.78 Å². The van der Waals surface area contributed by atoms with Crippen LogP contribution in [0.15, 0.2) is 30.3 Å². The first-order chi connectivity index (χ1) is 9.06. The maximum atomic E-state index is 11.3. The van der Waals surface area contributed by atoms with Crippen LogP contribution in [0.2, 0.25) is 5.02 Å². The van der Waals surface area contributed by atoms with Crippen molar-refractivity contribution in [3.05, 3.63) is 45.8 Å². The number of rotatable bonds is 5. The molecule has 0 saturated heterocycles. The van der Waals surface area contributed by atoms with Gasteiger partial charge >= 0.3 is 0 Å². The van der Waals surface area contributed by atoms with Crippen LogP contribution in [0.5, 0.6) is 0 Å². The second-order valence-electron chi connectivity index (χ2n) is 4.25. The standard InChI is InChI=1S/C14H15ClN2OS/c1-9(18)14-12(16)8-13(19-14)17-7-6-10-2-4-11(15)5-3-10/h2-5,8,17H,6-7,16H2,1H3. The maximum absolute atomic E-state index is 11.3. The molecule has 0 bridgehead atoms. The minimum atomic E-state index is 0.00764. The van der Waals surface area contributed by atoms with Gasteiger partial charge in [-0.1, -0.05) is 23.7 Å². The second kappa shape index (κ2) is 6.08. The van der Waals surface area contributed by atoms with E-state index in [9.17, 15) is 4.79 Å². The summed E-state index contributed by atoms with van der Waals surface area (Å²) in [5.74, 6) is 0.00764. The summed E-state index contributed by atoms with van der Waals surface area (Å²) in [4.78, 5) is 11.9. The smallest absolute Gasteiger partial charge is 0.171 e. The van der Waals surface area contributed by atoms with E-state index in [1.165, 1.54) is 23.8 Å². The number of carbonyl (C=O) groups excluding carboxylic acids is 1. The third-order valence-corrected chi connectivity index (χ3v) is 4.17. The van der Waals surface area contributed by atoms with E-state index < -0.39 is 0 Å². The lowest BCUT2D eigenvalue weighted by atomic mass is 10.1. The molecule has 0 fully saturated rings. The summed E-state index contributed by atoms with van der Waals surface area (Å²) >= 11 is 7.23. The van der Waals surface area contributed by atoms with Gasteiger partial charge in [0.1, 0.15) is 0 Å². The number of nitrogens with one attached hydrogen (secondary N) is 1. The average Bonchev–Trinajstić information content (AvgIpc) is 2.73. The number of halogens is 1. The molecule has 0 radical (unpaired) electrons. The summed E-state index contributed by atoms with van der Waals surface area (Å²) < 4.78 is 0. The molecule has 2 aromatic rings. The molecule has 5 heteroatoms. The largest absolute Gasteiger partial charge is 0.397 e. The third kappa shape index (κ3) is 3.72. The van der Waals surface area contributed by atoms with Crippen molar-refractivity contribution in [1.82, 2.24) is 0 Å². The molecule has 0 amide bonds. The van der Waals surface area contributed by atoms with Gasteiger partial charge in [-0.05, 0) is 30.2 Å². The summed E-state index contributed by atoms with van der Waals surface area (Å²) in [5.41, 5.74) is 7.54. The van der Waals surface area contributed by atoms with Crippen LogP contribution in [0.4, 0.5) is 10.7 Å². The molecule has 0 aliphatic heterocycles. The molecule has 0 aliphatic carbocycles. The van der Waals surface area contributed by atoms with Gasteiger partial charge in [-0.25, -0.2) is 0 Å². The number of benzene rings is 1. The Hall–Kier alpha value is -1.52. The fourth-order valence-electron chi connectivity index (χ4n) is 1.75. The number of nitrogen functional groups attached to an aromatic ring is 1. The monoisotopic (exact) mass is 294 g/mol. The van der Waals surface area contributed by atoms with Gasteiger partial charge in [0.25, 0.3) is 0 Å². The molecule has 100 valence electrons. The highest BCUT2D eigenvalue weighted by atomic mass is 35.5. The van der Waals surface area contributed by atoms with Gasteiger partial charge in [-0.3, -0.25) is 4.79 Å². The summed E-state index contributed by atoms with van der Waals surface area (Å²) in [6.07, 6.45) is 0.893. The Kier molecular flexibility index (Phi) is 4.45. The Morgan fingerprint density at radius 1 is 1.37 bits per heavy atom. The molecule has 1 heterocycles. The fourth-order valence-corrected chi connectivity index (χ4v) is 2.78. The van der Waals surface area contributed by atoms with Crippen molar-refractivity contribution in [3.8, 4) is 0 Å². The van der Waals surface area contributed by atoms with E-state index in [1.807, 2.05) is 30.3 Å². The molecule has 2 rings (SSSR count). The number of ketones is 1. The van der Waals surface area contributed by atoms with Gasteiger partial charge in [-0.2, -0.15) is 0 Å². The van der Waals surface area contributed by atoms with Crippen LogP contribution in [0.25, 0.3) is 0 Å². The van der Waals surface area contributed by atoms with Crippen molar-refractivity contribution < 1.29 is 4.79 Å². The zero-order chi connectivity index (χ0) is 13.8. The number of hydrogen-bond donors (Lipinski definition) is 2. The first-order valence-corrected chi connectivity index (χ1v) is 7.14. The van der Waals surface area contributed by atoms with Crippen molar-refractivity contribution in [2.24, 2.45) is 0 Å². The Labute approximate surface area is 121 Å². The topological polar surface area (TPSA) is 55.1 Å². The highest BCUT2D eigenvalue weighted by Crippen LogP contribution is 2.29. The Morgan fingerprint density at radius 3 is 2.63 bits per heavy atom. The molecule has 0 atom stereocenters. The number of thiophene rings is 1. The fraction of sp³-hybridized carbons (Fsp3) is 0.214. The van der Waals surface area contributed by atoms with Gasteiger partial charge in [0.15, 0.2) is 5.78 Å². The van der Waals surface area contributed by atoms with Crippen molar-refractivity contribution in [2.75, 3.05) is 17.6 Å². The van der Waals surface area contributed by atoms with Crippen LogP contribution in [-0.2, 0) is 6.42 Å². The Bertz CT molecular complexity index is 578. The molecule has 1 aromatic carbocycles. The zero-order valence-corrected chi connectivity index (χ0v) is 12.1. The summed E-state index contributed by atoms with van der Waals surface area (Å²) in [6.45, 7) is 2.32. The zero-order valence-electron chi connectivity index (χ0n) is 10.6. The van der Waals surface area contributed by atoms with E-state index in [0.717, 1.165) is 23.0 Å². The second-order valence-corrected chi connectivity index (χ2v) is 5.74. The molecule has 0 saturated carbocycles. The highest BCUT2D eigenvalue weighted by Gasteiger charge is 2.09. The predicted octanol–water partition coefficient (Wildman–Crippen LogP) is 3.84. The van der Waals surface area contributed by atoms with Crippen molar-refractivity contribution >= 4 is 39.4 Å². The molecule has 3 N–H and O–H groups in total. The predicted molar refractivity (Wildman–Crippen MR) is 82.4 cm³/mol. The van der Waals surface area contributed by atoms with E-state index in [0.29, 0.717) is 10.6 Å². The first kappa shape index (κ1) is 13.9. The lowest BCUT2D eigenvalue weighted by molar-refractivity contribution is 0.102. The molecule has 1 aromatic heterocycles. The number of anilines is 2. The van der Waals surface area contributed by atoms with Crippen LogP contribution in [-0.4, -0.2) is 12.3 Å². The number of Topliss-reactive ketones (excluding diaryl/α,β-unsaturated/α-hetero) is 1. The van der Waals surface area contributed by atoms with Crippen molar-refractivity contribution in [3.63, 3.8) is 0 Å². The van der Waals surface area contributed by atoms with Gasteiger partial charge < -0.3 is 11.1 Å². The molecule has 3 nitrogen and oxygen atoms in total. The lowest BCUT2D eigenvalue weighted by Gasteiger charge is -2.03. The van der Waals surface area contributed by atoms with Crippen LogP contribution in [0.3, 0.4) is 0 Å². The third-order valence-electron chi connectivity index (χ3n) is 2.71. The quantitative estimate of drug-likeness (QED) is 0.824. The van der Waals surface area contributed by atoms with Gasteiger partial charge in [0, 0.05) is 18.5 Å². The SMILES string of the molecule is CC(=O)c1sc(NCCc2ccc(Cl)cc2)cc1N. The van der Waals surface area contributed by atoms with Crippen molar-refractivity contribution in [2.45, 2.75) is 13.3 Å². The average molecular weight is 295 g/mol. The van der Waals surface area contributed by atoms with E-state index >= 15 is 0 Å². The minimum Gasteiger partial charge on any atom is -0.397 e. The summed E-state index contributed by atoms with van der Waals surface area (Å²) in [5, 5.41) is 4.95. The summed E-state index contributed by atoms with van der Waals surface area (Å²) in [7, 11) is 0. The van der Waals surface area contributed by atoms with Crippen LogP contribution in [0.1, 0.15) is 22.2 Å². The van der Waals surface area contributed by atoms with Crippen LogP contribution < -0.4 is 11.1 Å². The number of carbonyl (C=O) groups is 1. The van der Waals surface area contributed by atoms with E-state index in [1.54, 1.807) is 0 Å². The minimum absolute atomic E-state index is 0.00764.